The number of hydrogen-bond donors (Lipinski definition) is 2. The van der Waals surface area contributed by atoms with Crippen molar-refractivity contribution in [3.63, 3.8) is 0 Å². The lowest BCUT2D eigenvalue weighted by Gasteiger charge is -2.09. The van der Waals surface area contributed by atoms with E-state index < -0.39 is 0 Å². The summed E-state index contributed by atoms with van der Waals surface area (Å²) in [4.78, 5) is 9.94. The van der Waals surface area contributed by atoms with Crippen LogP contribution in [-0.4, -0.2) is 22.6 Å². The van der Waals surface area contributed by atoms with Gasteiger partial charge in [0.15, 0.2) is 5.96 Å². The van der Waals surface area contributed by atoms with Crippen LogP contribution in [0.4, 0.5) is 0 Å². The number of aryl methyl sites for hydroxylation is 1. The van der Waals surface area contributed by atoms with Crippen molar-refractivity contribution in [3.8, 4) is 0 Å². The zero-order valence-corrected chi connectivity index (χ0v) is 11.8. The number of guanidine groups is 1. The van der Waals surface area contributed by atoms with Crippen molar-refractivity contribution in [2.75, 3.05) is 6.54 Å². The minimum atomic E-state index is 0.489. The van der Waals surface area contributed by atoms with Crippen molar-refractivity contribution in [1.82, 2.24) is 20.8 Å². The molecule has 7 heteroatoms. The molecule has 0 saturated carbocycles. The highest BCUT2D eigenvalue weighted by atomic mass is 32.1. The van der Waals surface area contributed by atoms with E-state index in [9.17, 15) is 0 Å². The third-order valence-corrected chi connectivity index (χ3v) is 3.22. The summed E-state index contributed by atoms with van der Waals surface area (Å²) in [5.74, 6) is 0.748. The van der Waals surface area contributed by atoms with E-state index in [1.54, 1.807) is 23.7 Å². The van der Waals surface area contributed by atoms with E-state index in [1.165, 1.54) is 4.88 Å². The first kappa shape index (κ1) is 13.5. The van der Waals surface area contributed by atoms with E-state index >= 15 is 0 Å². The van der Waals surface area contributed by atoms with Gasteiger partial charge < -0.3 is 15.2 Å². The lowest BCUT2D eigenvalue weighted by molar-refractivity contribution is 0.412. The number of nitrogens with one attached hydrogen (secondary N) is 2. The number of aliphatic imine (C=N–C) groups is 1. The van der Waals surface area contributed by atoms with Crippen molar-refractivity contribution in [3.05, 3.63) is 34.1 Å². The van der Waals surface area contributed by atoms with E-state index in [1.807, 2.05) is 20.0 Å². The standard InChI is InChI=1S/C12H17N5OS/c1-3-13-12(15-7-10-4-5-18-17-10)16-8-11-14-6-9(2)19-11/h4-6H,3,7-8H2,1-2H3,(H2,13,15,16). The summed E-state index contributed by atoms with van der Waals surface area (Å²) in [7, 11) is 0. The van der Waals surface area contributed by atoms with Crippen LogP contribution in [0.3, 0.4) is 0 Å². The Morgan fingerprint density at radius 2 is 2.37 bits per heavy atom. The Kier molecular flexibility index (Phi) is 4.91. The minimum Gasteiger partial charge on any atom is -0.364 e. The molecule has 19 heavy (non-hydrogen) atoms. The lowest BCUT2D eigenvalue weighted by atomic mass is 10.4. The molecule has 0 aliphatic heterocycles. The molecule has 0 fully saturated rings. The summed E-state index contributed by atoms with van der Waals surface area (Å²) in [5, 5.41) is 11.3. The molecule has 0 radical (unpaired) electrons. The Hall–Kier alpha value is -1.89. The highest BCUT2D eigenvalue weighted by Crippen LogP contribution is 2.10. The maximum Gasteiger partial charge on any atom is 0.191 e. The topological polar surface area (TPSA) is 75.3 Å². The zero-order valence-electron chi connectivity index (χ0n) is 11.0. The van der Waals surface area contributed by atoms with Crippen LogP contribution in [0.1, 0.15) is 22.5 Å². The normalized spacial score (nSPS) is 11.6. The fourth-order valence-corrected chi connectivity index (χ4v) is 2.19. The van der Waals surface area contributed by atoms with Gasteiger partial charge in [0.25, 0.3) is 0 Å². The SMILES string of the molecule is CCNC(=NCc1ccon1)NCc1ncc(C)s1. The molecule has 0 atom stereocenters. The van der Waals surface area contributed by atoms with Crippen LogP contribution in [-0.2, 0) is 13.1 Å². The summed E-state index contributed by atoms with van der Waals surface area (Å²) in [6.45, 7) is 6.04. The summed E-state index contributed by atoms with van der Waals surface area (Å²) in [6.07, 6.45) is 3.42. The van der Waals surface area contributed by atoms with Crippen LogP contribution in [0.5, 0.6) is 0 Å². The number of thiazole rings is 1. The van der Waals surface area contributed by atoms with Gasteiger partial charge in [0.1, 0.15) is 17.0 Å². The molecule has 0 bridgehead atoms. The third kappa shape index (κ3) is 4.36. The number of aromatic nitrogens is 2. The Morgan fingerprint density at radius 3 is 3.00 bits per heavy atom. The average Bonchev–Trinajstić information content (AvgIpc) is 3.04. The van der Waals surface area contributed by atoms with Crippen molar-refractivity contribution >= 4 is 17.3 Å². The molecule has 0 aliphatic carbocycles. The number of nitrogens with zero attached hydrogens (tertiary/aromatic N) is 3. The Labute approximate surface area is 115 Å². The van der Waals surface area contributed by atoms with Crippen LogP contribution in [0.2, 0.25) is 0 Å². The first-order chi connectivity index (χ1) is 9.28. The molecule has 0 aliphatic rings. The highest BCUT2D eigenvalue weighted by Gasteiger charge is 2.02. The monoisotopic (exact) mass is 279 g/mol. The smallest absolute Gasteiger partial charge is 0.191 e. The Balaban J connectivity index is 1.89. The first-order valence-electron chi connectivity index (χ1n) is 6.10. The van der Waals surface area contributed by atoms with Crippen LogP contribution in [0.15, 0.2) is 28.0 Å². The van der Waals surface area contributed by atoms with Gasteiger partial charge in [-0.05, 0) is 13.8 Å². The van der Waals surface area contributed by atoms with Gasteiger partial charge in [-0.1, -0.05) is 5.16 Å². The number of rotatable bonds is 5. The molecule has 2 aromatic heterocycles. The van der Waals surface area contributed by atoms with Gasteiger partial charge in [-0.3, -0.25) is 0 Å². The van der Waals surface area contributed by atoms with E-state index in [2.05, 4.69) is 25.8 Å². The summed E-state index contributed by atoms with van der Waals surface area (Å²) >= 11 is 1.68. The van der Waals surface area contributed by atoms with Crippen LogP contribution >= 0.6 is 11.3 Å². The van der Waals surface area contributed by atoms with Crippen molar-refractivity contribution in [1.29, 1.82) is 0 Å². The van der Waals surface area contributed by atoms with Gasteiger partial charge in [-0.15, -0.1) is 11.3 Å². The van der Waals surface area contributed by atoms with Crippen molar-refractivity contribution in [2.45, 2.75) is 26.9 Å². The predicted molar refractivity (Wildman–Crippen MR) is 75.0 cm³/mol. The van der Waals surface area contributed by atoms with Crippen LogP contribution in [0.25, 0.3) is 0 Å². The van der Waals surface area contributed by atoms with E-state index in [0.717, 1.165) is 23.2 Å². The Bertz CT molecular complexity index is 520. The molecule has 2 heterocycles. The second-order valence-electron chi connectivity index (χ2n) is 3.90. The molecule has 0 saturated heterocycles. The maximum absolute atomic E-state index is 4.77. The van der Waals surface area contributed by atoms with Gasteiger partial charge >= 0.3 is 0 Å². The van der Waals surface area contributed by atoms with Gasteiger partial charge in [0, 0.05) is 23.7 Å². The predicted octanol–water partition coefficient (Wildman–Crippen LogP) is 1.69. The van der Waals surface area contributed by atoms with E-state index in [0.29, 0.717) is 13.1 Å². The lowest BCUT2D eigenvalue weighted by Crippen LogP contribution is -2.36. The molecule has 0 amide bonds. The molecule has 2 N–H and O–H groups in total. The molecule has 2 rings (SSSR count). The summed E-state index contributed by atoms with van der Waals surface area (Å²) in [5.41, 5.74) is 0.808. The van der Waals surface area contributed by atoms with Gasteiger partial charge in [-0.2, -0.15) is 0 Å². The fourth-order valence-electron chi connectivity index (χ4n) is 1.46. The van der Waals surface area contributed by atoms with Crippen LogP contribution in [0, 0.1) is 6.92 Å². The zero-order chi connectivity index (χ0) is 13.5. The van der Waals surface area contributed by atoms with E-state index in [4.69, 9.17) is 4.52 Å². The molecule has 6 nitrogen and oxygen atoms in total. The molecular weight excluding hydrogens is 262 g/mol. The minimum absolute atomic E-state index is 0.489. The molecule has 0 unspecified atom stereocenters. The van der Waals surface area contributed by atoms with Crippen molar-refractivity contribution < 1.29 is 4.52 Å². The molecule has 102 valence electrons. The average molecular weight is 279 g/mol. The highest BCUT2D eigenvalue weighted by molar-refractivity contribution is 7.11. The largest absolute Gasteiger partial charge is 0.364 e. The molecule has 0 aromatic carbocycles. The van der Waals surface area contributed by atoms with Gasteiger partial charge in [-0.25, -0.2) is 9.98 Å². The quantitative estimate of drug-likeness (QED) is 0.643. The summed E-state index contributed by atoms with van der Waals surface area (Å²) in [6, 6.07) is 1.80. The number of hydrogen-bond acceptors (Lipinski definition) is 5. The first-order valence-corrected chi connectivity index (χ1v) is 6.92. The second-order valence-corrected chi connectivity index (χ2v) is 5.22. The van der Waals surface area contributed by atoms with Gasteiger partial charge in [0.05, 0.1) is 13.1 Å². The Morgan fingerprint density at radius 1 is 1.47 bits per heavy atom. The fraction of sp³-hybridized carbons (Fsp3) is 0.417. The molecular formula is C12H17N5OS. The van der Waals surface area contributed by atoms with Crippen molar-refractivity contribution in [2.24, 2.45) is 4.99 Å². The van der Waals surface area contributed by atoms with Crippen LogP contribution < -0.4 is 10.6 Å². The second kappa shape index (κ2) is 6.89. The molecule has 2 aromatic rings. The molecule has 0 spiro atoms. The van der Waals surface area contributed by atoms with Gasteiger partial charge in [0.2, 0.25) is 0 Å². The summed E-state index contributed by atoms with van der Waals surface area (Å²) < 4.78 is 4.77. The van der Waals surface area contributed by atoms with E-state index in [-0.39, 0.29) is 0 Å². The maximum atomic E-state index is 4.77. The third-order valence-electron chi connectivity index (χ3n) is 2.31.